The van der Waals surface area contributed by atoms with E-state index in [9.17, 15) is 15.0 Å². The molecule has 2 bridgehead atoms. The number of nitrogens with zero attached hydrogens (tertiary/aromatic N) is 2. The van der Waals surface area contributed by atoms with E-state index in [4.69, 9.17) is 4.74 Å². The molecule has 0 saturated carbocycles. The number of β-lactam (4-membered cyclic amide) rings is 1. The van der Waals surface area contributed by atoms with Crippen molar-refractivity contribution in [2.45, 2.75) is 37.1 Å². The topological polar surface area (TPSA) is 73.2 Å². The molecule has 7 heteroatoms. The van der Waals surface area contributed by atoms with Gasteiger partial charge in [0.1, 0.15) is 16.5 Å². The third kappa shape index (κ3) is 2.65. The number of methoxy groups -OCH3 is 1. The average molecular weight is 429 g/mol. The highest BCUT2D eigenvalue weighted by molar-refractivity contribution is 8.02. The minimum Gasteiger partial charge on any atom is -0.508 e. The summed E-state index contributed by atoms with van der Waals surface area (Å²) in [5.41, 5.74) is 1.34. The van der Waals surface area contributed by atoms with Gasteiger partial charge in [-0.25, -0.2) is 0 Å². The van der Waals surface area contributed by atoms with Crippen LogP contribution in [0.1, 0.15) is 26.3 Å². The predicted octanol–water partition coefficient (Wildman–Crippen LogP) is 3.82. The van der Waals surface area contributed by atoms with Crippen LogP contribution < -0.4 is 4.74 Å². The summed E-state index contributed by atoms with van der Waals surface area (Å²) in [6, 6.07) is 10.7. The zero-order chi connectivity index (χ0) is 22.0. The normalized spacial score (nSPS) is 25.6. The van der Waals surface area contributed by atoms with E-state index in [2.05, 4.69) is 20.8 Å². The average Bonchev–Trinajstić information content (AvgIpc) is 3.23. The molecule has 0 aliphatic carbocycles. The molecule has 2 aromatic carbocycles. The molecule has 3 heterocycles. The summed E-state index contributed by atoms with van der Waals surface area (Å²) in [5, 5.41) is 20.6. The molecule has 0 aromatic heterocycles. The van der Waals surface area contributed by atoms with Crippen LogP contribution >= 0.6 is 11.8 Å². The number of thioether (sulfide) groups is 1. The van der Waals surface area contributed by atoms with Crippen molar-refractivity contribution in [1.82, 2.24) is 9.80 Å². The molecule has 2 N–H and O–H groups in total. The third-order valence-corrected chi connectivity index (χ3v) is 7.88. The van der Waals surface area contributed by atoms with Crippen LogP contribution in [-0.2, 0) is 10.3 Å². The molecular weight excluding hydrogens is 400 g/mol. The molecular formula is C23H28N2O4S. The maximum absolute atomic E-state index is 13.0. The first-order valence-electron chi connectivity index (χ1n) is 9.90. The number of hydrogen-bond donors (Lipinski definition) is 2. The van der Waals surface area contributed by atoms with Crippen LogP contribution in [0.25, 0.3) is 11.1 Å². The van der Waals surface area contributed by atoms with Crippen molar-refractivity contribution < 1.29 is 19.7 Å². The van der Waals surface area contributed by atoms with Crippen molar-refractivity contribution in [3.63, 3.8) is 0 Å². The van der Waals surface area contributed by atoms with Crippen molar-refractivity contribution in [2.75, 3.05) is 21.2 Å². The highest BCUT2D eigenvalue weighted by atomic mass is 32.2. The molecule has 0 radical (unpaired) electrons. The number of ether oxygens (including phenoxy) is 1. The van der Waals surface area contributed by atoms with Crippen molar-refractivity contribution in [1.29, 1.82) is 0 Å². The molecule has 3 saturated heterocycles. The first kappa shape index (κ1) is 20.9. The van der Waals surface area contributed by atoms with E-state index in [0.717, 1.165) is 11.1 Å². The van der Waals surface area contributed by atoms with Gasteiger partial charge in [-0.15, -0.1) is 11.8 Å². The quantitative estimate of drug-likeness (QED) is 0.722. The van der Waals surface area contributed by atoms with Crippen LogP contribution in [0.4, 0.5) is 0 Å². The number of fused-ring (bicyclic) bond motifs is 1. The monoisotopic (exact) mass is 428 g/mol. The van der Waals surface area contributed by atoms with Crippen molar-refractivity contribution in [2.24, 2.45) is 5.41 Å². The molecule has 3 fully saturated rings. The summed E-state index contributed by atoms with van der Waals surface area (Å²) in [7, 11) is 5.46. The third-order valence-electron chi connectivity index (χ3n) is 6.19. The van der Waals surface area contributed by atoms with Gasteiger partial charge in [0.05, 0.1) is 12.6 Å². The van der Waals surface area contributed by atoms with Crippen LogP contribution in [0.5, 0.6) is 17.2 Å². The number of hydrogen-bond acceptors (Lipinski definition) is 6. The Labute approximate surface area is 181 Å². The minimum atomic E-state index is -0.673. The summed E-state index contributed by atoms with van der Waals surface area (Å²) in [6.45, 7) is 6.32. The van der Waals surface area contributed by atoms with Gasteiger partial charge in [0.15, 0.2) is 11.5 Å². The van der Waals surface area contributed by atoms with E-state index in [1.165, 1.54) is 7.11 Å². The number of carbonyl (C=O) groups is 1. The second kappa shape index (κ2) is 6.82. The first-order valence-corrected chi connectivity index (χ1v) is 10.8. The number of carbonyl (C=O) groups excluding carboxylic acids is 1. The van der Waals surface area contributed by atoms with Crippen LogP contribution in [0.15, 0.2) is 36.4 Å². The Morgan fingerprint density at radius 1 is 1.10 bits per heavy atom. The maximum atomic E-state index is 13.0. The lowest BCUT2D eigenvalue weighted by Gasteiger charge is -2.58. The highest BCUT2D eigenvalue weighted by Crippen LogP contribution is 2.67. The fourth-order valence-corrected chi connectivity index (χ4v) is 6.72. The van der Waals surface area contributed by atoms with Gasteiger partial charge in [0, 0.05) is 5.56 Å². The lowest BCUT2D eigenvalue weighted by molar-refractivity contribution is -0.171. The predicted molar refractivity (Wildman–Crippen MR) is 119 cm³/mol. The summed E-state index contributed by atoms with van der Waals surface area (Å²) < 4.78 is 5.52. The second-order valence-electron chi connectivity index (χ2n) is 9.15. The SMILES string of the molecule is COc1cc(-c2ccc(O)cc2)cc(C2(C(C)(C)C)C3SC(N(C)C)N2C3=O)c1O. The first-order chi connectivity index (χ1) is 14.0. The Morgan fingerprint density at radius 3 is 2.23 bits per heavy atom. The van der Waals surface area contributed by atoms with Gasteiger partial charge in [-0.3, -0.25) is 9.69 Å². The van der Waals surface area contributed by atoms with Gasteiger partial charge in [-0.05, 0) is 54.9 Å². The molecule has 30 heavy (non-hydrogen) atoms. The van der Waals surface area contributed by atoms with Gasteiger partial charge < -0.3 is 19.8 Å². The number of aromatic hydroxyl groups is 2. The Morgan fingerprint density at radius 2 is 1.73 bits per heavy atom. The molecule has 3 aliphatic heterocycles. The van der Waals surface area contributed by atoms with Gasteiger partial charge in [0.25, 0.3) is 0 Å². The van der Waals surface area contributed by atoms with E-state index in [1.807, 2.05) is 42.1 Å². The van der Waals surface area contributed by atoms with Gasteiger partial charge in [-0.1, -0.05) is 32.9 Å². The lowest BCUT2D eigenvalue weighted by Crippen LogP contribution is -2.72. The number of amides is 1. The summed E-state index contributed by atoms with van der Waals surface area (Å²) in [4.78, 5) is 16.9. The van der Waals surface area contributed by atoms with E-state index in [1.54, 1.807) is 30.0 Å². The molecule has 5 rings (SSSR count). The standard InChI is InChI=1S/C23H28N2O4S/c1-22(2,3)23(19-20(28)25(23)21(30-19)24(4)5)16-11-14(12-17(29-6)18(16)27)13-7-9-15(26)10-8-13/h7-12,19,21,26-27H,1-6H3. The molecule has 3 unspecified atom stereocenters. The fourth-order valence-electron chi connectivity index (χ4n) is 4.82. The van der Waals surface area contributed by atoms with E-state index < -0.39 is 5.54 Å². The summed E-state index contributed by atoms with van der Waals surface area (Å²) in [6.07, 6.45) is 0. The summed E-state index contributed by atoms with van der Waals surface area (Å²) in [5.74, 6) is 0.722. The Hall–Kier alpha value is -2.38. The number of phenols is 2. The van der Waals surface area contributed by atoms with Crippen LogP contribution in [-0.4, -0.2) is 57.9 Å². The highest BCUT2D eigenvalue weighted by Gasteiger charge is 2.75. The lowest BCUT2D eigenvalue weighted by atomic mass is 9.61. The molecule has 3 atom stereocenters. The van der Waals surface area contributed by atoms with Gasteiger partial charge in [-0.2, -0.15) is 0 Å². The van der Waals surface area contributed by atoms with Gasteiger partial charge in [0.2, 0.25) is 5.91 Å². The zero-order valence-electron chi connectivity index (χ0n) is 18.1. The smallest absolute Gasteiger partial charge is 0.241 e. The van der Waals surface area contributed by atoms with Crippen molar-refractivity contribution in [3.8, 4) is 28.4 Å². The molecule has 0 spiro atoms. The Balaban J connectivity index is 1.96. The van der Waals surface area contributed by atoms with Crippen LogP contribution in [0.2, 0.25) is 0 Å². The Kier molecular flexibility index (Phi) is 4.74. The van der Waals surface area contributed by atoms with Crippen LogP contribution in [0, 0.1) is 5.41 Å². The second-order valence-corrected chi connectivity index (χ2v) is 10.3. The molecule has 1 amide bonds. The van der Waals surface area contributed by atoms with E-state index >= 15 is 0 Å². The summed E-state index contributed by atoms with van der Waals surface area (Å²) >= 11 is 1.63. The van der Waals surface area contributed by atoms with E-state index in [-0.39, 0.29) is 33.6 Å². The van der Waals surface area contributed by atoms with E-state index in [0.29, 0.717) is 11.3 Å². The van der Waals surface area contributed by atoms with Crippen molar-refractivity contribution >= 4 is 17.7 Å². The maximum Gasteiger partial charge on any atom is 0.241 e. The Bertz CT molecular complexity index is 999. The number of phenolic OH excluding ortho intramolecular Hbond substituents is 2. The number of rotatable bonds is 4. The van der Waals surface area contributed by atoms with Crippen molar-refractivity contribution in [3.05, 3.63) is 42.0 Å². The molecule has 2 aromatic rings. The van der Waals surface area contributed by atoms with Crippen LogP contribution in [0.3, 0.4) is 0 Å². The molecule has 160 valence electrons. The molecule has 3 aliphatic rings. The molecule has 6 nitrogen and oxygen atoms in total. The zero-order valence-corrected chi connectivity index (χ0v) is 18.9. The number of benzene rings is 2. The van der Waals surface area contributed by atoms with Gasteiger partial charge >= 0.3 is 0 Å². The fraction of sp³-hybridized carbons (Fsp3) is 0.435. The minimum absolute atomic E-state index is 0.0671. The largest absolute Gasteiger partial charge is 0.508 e.